The predicted molar refractivity (Wildman–Crippen MR) is 258 cm³/mol. The molecule has 4 fully saturated rings. The van der Waals surface area contributed by atoms with E-state index in [1.54, 1.807) is 18.3 Å². The molecule has 22 nitrogen and oxygen atoms in total. The van der Waals surface area contributed by atoms with Crippen molar-refractivity contribution in [1.29, 1.82) is 0 Å². The van der Waals surface area contributed by atoms with Gasteiger partial charge < -0.3 is 98.2 Å². The molecule has 0 bridgehead atoms. The molecular weight excluding hydrogens is 969 g/mol. The van der Waals surface area contributed by atoms with Crippen LogP contribution in [-0.2, 0) is 53.4 Å². The van der Waals surface area contributed by atoms with Gasteiger partial charge in [-0.1, -0.05) is 81.2 Å². The molecule has 18 N–H and O–H groups in total. The summed E-state index contributed by atoms with van der Waals surface area (Å²) in [6.45, 7) is 10.6. The highest BCUT2D eigenvalue weighted by Crippen LogP contribution is 2.40. The largest absolute Gasteiger partial charge is 0.487 e. The Balaban J connectivity index is 1.12. The predicted octanol–water partition coefficient (Wildman–Crippen LogP) is -1.41. The minimum absolute atomic E-state index is 0.00913. The van der Waals surface area contributed by atoms with Crippen molar-refractivity contribution in [3.05, 3.63) is 75.0 Å². The van der Waals surface area contributed by atoms with Crippen molar-refractivity contribution in [2.45, 2.75) is 189 Å². The highest BCUT2D eigenvalue weighted by atomic mass is 35.5. The molecule has 24 heteroatoms. The lowest BCUT2D eigenvalue weighted by molar-refractivity contribution is -0.306. The zero-order valence-corrected chi connectivity index (χ0v) is 42.1. The van der Waals surface area contributed by atoms with Gasteiger partial charge in [-0.3, -0.25) is 0 Å². The molecule has 4 aliphatic rings. The van der Waals surface area contributed by atoms with Gasteiger partial charge in [0.2, 0.25) is 0 Å². The molecule has 19 atom stereocenters. The summed E-state index contributed by atoms with van der Waals surface area (Å²) in [5.41, 5.74) is 40.3. The number of hydrogen-bond acceptors (Lipinski definition) is 21. The van der Waals surface area contributed by atoms with E-state index in [9.17, 15) is 30.6 Å². The fourth-order valence-corrected chi connectivity index (χ4v) is 10.6. The fraction of sp³-hybridized carbons (Fsp3) is 0.702. The lowest BCUT2D eigenvalue weighted by Gasteiger charge is -2.47. The molecule has 398 valence electrons. The lowest BCUT2D eigenvalue weighted by Crippen LogP contribution is -2.68. The van der Waals surface area contributed by atoms with Crippen molar-refractivity contribution >= 4 is 23.2 Å². The average molecular weight is 1040 g/mol. The summed E-state index contributed by atoms with van der Waals surface area (Å²) in [5.74, 6) is 0.611. The molecule has 3 aromatic rings. The Bertz CT molecular complexity index is 2230. The molecule has 7 rings (SSSR count). The van der Waals surface area contributed by atoms with Gasteiger partial charge in [-0.2, -0.15) is 0 Å². The average Bonchev–Trinajstić information content (AvgIpc) is 3.88. The molecule has 0 unspecified atom stereocenters. The molecule has 1 aliphatic carbocycles. The van der Waals surface area contributed by atoms with Crippen molar-refractivity contribution < 1.29 is 63.8 Å². The van der Waals surface area contributed by atoms with E-state index in [0.29, 0.717) is 27.9 Å². The molecule has 2 aromatic carbocycles. The Labute approximate surface area is 423 Å². The van der Waals surface area contributed by atoms with Crippen molar-refractivity contribution in [3.63, 3.8) is 0 Å². The second-order valence-electron chi connectivity index (χ2n) is 21.1. The van der Waals surface area contributed by atoms with Crippen LogP contribution in [0.5, 0.6) is 5.75 Å². The van der Waals surface area contributed by atoms with Gasteiger partial charge in [0.15, 0.2) is 18.9 Å². The van der Waals surface area contributed by atoms with E-state index in [-0.39, 0.29) is 43.5 Å². The number of aliphatic hydroxyl groups excluding tert-OH is 6. The Morgan fingerprint density at radius 2 is 1.27 bits per heavy atom. The van der Waals surface area contributed by atoms with Crippen LogP contribution in [0, 0.1) is 5.41 Å². The van der Waals surface area contributed by atoms with Crippen molar-refractivity contribution in [2.24, 2.45) is 39.8 Å². The number of hydrogen-bond donors (Lipinski definition) is 12. The van der Waals surface area contributed by atoms with Crippen LogP contribution in [0.2, 0.25) is 10.0 Å². The molecule has 3 saturated heterocycles. The maximum absolute atomic E-state index is 12.0. The first-order valence-electron chi connectivity index (χ1n) is 23.9. The second kappa shape index (κ2) is 23.0. The summed E-state index contributed by atoms with van der Waals surface area (Å²) in [7, 11) is 0. The third kappa shape index (κ3) is 12.8. The van der Waals surface area contributed by atoms with Crippen LogP contribution in [0.3, 0.4) is 0 Å². The number of benzene rings is 2. The molecule has 0 radical (unpaired) electrons. The summed E-state index contributed by atoms with van der Waals surface area (Å²) in [5, 5.41) is 75.7. The monoisotopic (exact) mass is 1040 g/mol. The first-order chi connectivity index (χ1) is 33.4. The zero-order valence-electron chi connectivity index (χ0n) is 40.6. The highest BCUT2D eigenvalue weighted by Gasteiger charge is 2.54. The molecule has 0 spiro atoms. The Hall–Kier alpha value is -2.76. The van der Waals surface area contributed by atoms with Crippen molar-refractivity contribution in [2.75, 3.05) is 13.1 Å². The molecule has 1 aromatic heterocycles. The van der Waals surface area contributed by atoms with Gasteiger partial charge in [0, 0.05) is 41.6 Å². The molecule has 3 aliphatic heterocycles. The van der Waals surface area contributed by atoms with Gasteiger partial charge >= 0.3 is 0 Å². The van der Waals surface area contributed by atoms with E-state index in [2.05, 4.69) is 57.1 Å². The van der Waals surface area contributed by atoms with Crippen molar-refractivity contribution in [1.82, 2.24) is 15.0 Å². The topological polar surface area (TPSA) is 373 Å². The molecular formula is C47H73Cl2N9O13. The summed E-state index contributed by atoms with van der Waals surface area (Å²) in [6.07, 6.45) is -17.3. The summed E-state index contributed by atoms with van der Waals surface area (Å²) in [6, 6.07) is 7.18. The first kappa shape index (κ1) is 56.0. The van der Waals surface area contributed by atoms with Gasteiger partial charge in [0.25, 0.3) is 0 Å². The maximum atomic E-state index is 12.0. The first-order valence-corrected chi connectivity index (χ1v) is 24.7. The van der Waals surface area contributed by atoms with Crippen LogP contribution < -0.4 is 39.1 Å². The Kier molecular flexibility index (Phi) is 18.1. The number of aromatic nitrogens is 3. The Morgan fingerprint density at radius 1 is 0.676 bits per heavy atom. The second-order valence-corrected chi connectivity index (χ2v) is 22.0. The van der Waals surface area contributed by atoms with E-state index in [1.165, 1.54) is 4.68 Å². The normalized spacial score (nSPS) is 37.1. The summed E-state index contributed by atoms with van der Waals surface area (Å²) < 4.78 is 44.7. The van der Waals surface area contributed by atoms with Gasteiger partial charge in [-0.05, 0) is 58.6 Å². The van der Waals surface area contributed by atoms with Gasteiger partial charge in [-0.25, -0.2) is 4.68 Å². The minimum atomic E-state index is -1.65. The van der Waals surface area contributed by atoms with Gasteiger partial charge in [0.05, 0.1) is 30.9 Å². The van der Waals surface area contributed by atoms with Gasteiger partial charge in [0.1, 0.15) is 85.2 Å². The molecule has 1 saturated carbocycles. The summed E-state index contributed by atoms with van der Waals surface area (Å²) in [4.78, 5) is 0. The highest BCUT2D eigenvalue weighted by molar-refractivity contribution is 6.35. The van der Waals surface area contributed by atoms with E-state index >= 15 is 0 Å². The SMILES string of the molecule is CC(C)(C)CC(C)(C)c1ccc(OCc2cn(C[C@H]3O[C@@H](O[C@@H]4[C@@H](O)[C@H](N)C[C@H](N)[C@H]4O[C@H]4O[C@H](CN)[C@@H](O)[C@H](O)[C@H]4N)[C@H](O)[C@@H]3O[C@H]3O[C@@H](CN)[C@@H](O)[C@H](O)[C@H]3N)nn2)c(Cc2ccc(Cl)cc2Cl)c1. The fourth-order valence-electron chi connectivity index (χ4n) is 10.2. The zero-order chi connectivity index (χ0) is 51.9. The van der Waals surface area contributed by atoms with Crippen LogP contribution in [0.4, 0.5) is 0 Å². The van der Waals surface area contributed by atoms with E-state index in [0.717, 1.165) is 23.1 Å². The van der Waals surface area contributed by atoms with Crippen molar-refractivity contribution in [3.8, 4) is 5.75 Å². The van der Waals surface area contributed by atoms with Crippen LogP contribution in [0.25, 0.3) is 0 Å². The number of halogens is 2. The van der Waals surface area contributed by atoms with E-state index in [4.69, 9.17) is 90.8 Å². The molecule has 0 amide bonds. The maximum Gasteiger partial charge on any atom is 0.187 e. The van der Waals surface area contributed by atoms with E-state index < -0.39 is 116 Å². The van der Waals surface area contributed by atoms with Gasteiger partial charge in [-0.15, -0.1) is 5.10 Å². The quantitative estimate of drug-likeness (QED) is 0.0739. The van der Waals surface area contributed by atoms with Crippen LogP contribution in [-0.4, -0.2) is 175 Å². The number of aliphatic hydroxyl groups is 6. The molecule has 71 heavy (non-hydrogen) atoms. The number of nitrogens with two attached hydrogens (primary N) is 6. The van der Waals surface area contributed by atoms with Crippen LogP contribution >= 0.6 is 23.2 Å². The summed E-state index contributed by atoms with van der Waals surface area (Å²) >= 11 is 12.9. The number of rotatable bonds is 17. The van der Waals surface area contributed by atoms with Crippen LogP contribution in [0.1, 0.15) is 69.8 Å². The van der Waals surface area contributed by atoms with E-state index in [1.807, 2.05) is 12.1 Å². The lowest BCUT2D eigenvalue weighted by atomic mass is 9.72. The third-order valence-corrected chi connectivity index (χ3v) is 14.3. The number of ether oxygens (including phenoxy) is 7. The third-order valence-electron chi connectivity index (χ3n) is 13.7. The standard InChI is InChI=1S/C47H73Cl2N9O13/c1-46(2,3)19-47(4,5)22-7-9-28(21(11-22)10-20-6-8-23(48)12-25(20)49)65-18-24-16-58(57-56-24)17-31-41(70-44-33(55)38(63)36(61)30(15-51)67-44)39(64)45(68-31)71-42-34(59)26(52)13-27(53)40(42)69-43-32(54)37(62)35(60)29(14-50)66-43/h6-9,11-12,16,26-27,29-45,59-64H,10,13-15,17-19,50-55H2,1-5H3/t26-,27+,29-,30+,31-,32-,33-,34+,35-,36-,37-,38-,39-,40-,41-,42-,43-,44-,45+/m1/s1. The molecule has 4 heterocycles. The smallest absolute Gasteiger partial charge is 0.187 e. The Morgan fingerprint density at radius 3 is 1.86 bits per heavy atom. The minimum Gasteiger partial charge on any atom is -0.487 e. The van der Waals surface area contributed by atoms with Crippen LogP contribution in [0.15, 0.2) is 42.6 Å². The number of nitrogens with zero attached hydrogens (tertiary/aromatic N) is 3.